The Morgan fingerprint density at radius 3 is 1.19 bits per heavy atom. The molecule has 0 saturated heterocycles. The van der Waals surface area contributed by atoms with Crippen molar-refractivity contribution in [1.29, 1.82) is 0 Å². The molecule has 3 fully saturated rings. The zero-order chi connectivity index (χ0) is 29.5. The van der Waals surface area contributed by atoms with E-state index in [2.05, 4.69) is 14.2 Å². The fraction of sp³-hybridized carbons (Fsp3) is 0.500. The molecule has 1 aromatic carbocycles. The molecule has 3 aliphatic carbocycles. The molecule has 3 saturated carbocycles. The number of hydrogen-bond acceptors (Lipinski definition) is 2. The summed E-state index contributed by atoms with van der Waals surface area (Å²) in [6, 6.07) is 21.3. The molecule has 0 unspecified atom stereocenters. The van der Waals surface area contributed by atoms with Gasteiger partial charge in [-0.1, -0.05) is 31.4 Å². The van der Waals surface area contributed by atoms with Gasteiger partial charge in [0, 0.05) is 32.7 Å². The van der Waals surface area contributed by atoms with Crippen LogP contribution in [0.2, 0.25) is 0 Å². The van der Waals surface area contributed by atoms with Crippen LogP contribution in [0.15, 0.2) is 91.5 Å². The molecule has 42 heavy (non-hydrogen) atoms. The van der Waals surface area contributed by atoms with Gasteiger partial charge >= 0.3 is 79.1 Å². The standard InChI is InChI=1S/C18H33P.C8H6.2C5H5N.2ClH.Ru/c1-4-10-16(11-5-1)19(17-12-6-2-7-13-17)18-14-8-3-9-15-18;1-2-8-6-4-3-5-7-8;2*1-2-4-6-5-3-1;;;/h16-18H,1-15H2;2-7H;2*1-5H;2*1H;/q;;;;;;+2/p-1. The van der Waals surface area contributed by atoms with Crippen LogP contribution in [0.5, 0.6) is 0 Å². The van der Waals surface area contributed by atoms with Gasteiger partial charge in [-0.05, 0) is 101 Å². The van der Waals surface area contributed by atoms with Crippen LogP contribution in [0.25, 0.3) is 6.08 Å². The summed E-state index contributed by atoms with van der Waals surface area (Å²) in [6.07, 6.45) is 32.6. The summed E-state index contributed by atoms with van der Waals surface area (Å²) in [5.74, 6) is 0. The van der Waals surface area contributed by atoms with Crippen molar-refractivity contribution >= 4 is 37.6 Å². The molecule has 2 nitrogen and oxygen atoms in total. The third-order valence-electron chi connectivity index (χ3n) is 8.46. The van der Waals surface area contributed by atoms with Gasteiger partial charge in [-0.3, -0.25) is 9.97 Å². The van der Waals surface area contributed by atoms with Gasteiger partial charge in [-0.15, -0.1) is 0 Å². The summed E-state index contributed by atoms with van der Waals surface area (Å²) in [6.45, 7) is 0. The van der Waals surface area contributed by atoms with Crippen LogP contribution in [-0.4, -0.2) is 31.2 Å². The number of pyridine rings is 2. The molecule has 2 heterocycles. The average molecular weight is 714 g/mol. The fourth-order valence-corrected chi connectivity index (χ4v) is 12.7. The van der Waals surface area contributed by atoms with Crippen LogP contribution < -0.4 is 0 Å². The molecule has 0 atom stereocenters. The maximum atomic E-state index is 5.59. The SMILES string of the molecule is C1CCC([PH+](C2CCCCC2)C2CCCCC2)CC1.[Cl][Ru]([Cl])=[C]=Cc1ccccc1.c1ccncc1.c1ccncc1. The molecule has 2 aromatic heterocycles. The predicted octanol–water partition coefficient (Wildman–Crippen LogP) is 11.4. The van der Waals surface area contributed by atoms with E-state index in [0.717, 1.165) is 5.56 Å². The topological polar surface area (TPSA) is 25.8 Å². The Kier molecular flexibility index (Phi) is 19.5. The summed E-state index contributed by atoms with van der Waals surface area (Å²) in [5.41, 5.74) is 4.77. The number of halogens is 2. The first-order valence-corrected chi connectivity index (χ1v) is 23.0. The van der Waals surface area contributed by atoms with Crippen LogP contribution >= 0.6 is 27.3 Å². The Morgan fingerprint density at radius 1 is 0.548 bits per heavy atom. The molecule has 0 amide bonds. The maximum Gasteiger partial charge on any atom is 0.0267 e. The van der Waals surface area contributed by atoms with Crippen molar-refractivity contribution in [1.82, 2.24) is 9.97 Å². The van der Waals surface area contributed by atoms with Gasteiger partial charge in [-0.2, -0.15) is 0 Å². The zero-order valence-electron chi connectivity index (χ0n) is 25.1. The Morgan fingerprint density at radius 2 is 0.905 bits per heavy atom. The first-order chi connectivity index (χ1) is 20.7. The van der Waals surface area contributed by atoms with Crippen molar-refractivity contribution in [3.63, 3.8) is 0 Å². The molecule has 6 heteroatoms. The van der Waals surface area contributed by atoms with Gasteiger partial charge in [0.05, 0.1) is 17.0 Å². The van der Waals surface area contributed by atoms with E-state index in [0.29, 0.717) is 0 Å². The third kappa shape index (κ3) is 15.5. The van der Waals surface area contributed by atoms with Gasteiger partial charge in [0.25, 0.3) is 0 Å². The largest absolute Gasteiger partial charge is 0.265 e. The second-order valence-corrected chi connectivity index (χ2v) is 20.2. The van der Waals surface area contributed by atoms with Crippen LogP contribution in [0.4, 0.5) is 0 Å². The predicted molar refractivity (Wildman–Crippen MR) is 185 cm³/mol. The van der Waals surface area contributed by atoms with E-state index < -0.39 is 13.5 Å². The normalized spacial score (nSPS) is 18.0. The molecule has 6 rings (SSSR count). The molecule has 0 spiro atoms. The Bertz CT molecular complexity index is 963. The number of aromatic nitrogens is 2. The maximum absolute atomic E-state index is 5.59. The summed E-state index contributed by atoms with van der Waals surface area (Å²) >= 11 is -1.74. The van der Waals surface area contributed by atoms with Gasteiger partial charge in [-0.25, -0.2) is 0 Å². The minimum Gasteiger partial charge on any atom is -0.265 e. The molecule has 0 aliphatic heterocycles. The number of benzene rings is 1. The van der Waals surface area contributed by atoms with Crippen molar-refractivity contribution in [2.45, 2.75) is 113 Å². The Labute approximate surface area is 270 Å². The summed E-state index contributed by atoms with van der Waals surface area (Å²) in [4.78, 5) is 7.57. The quantitative estimate of drug-likeness (QED) is 0.199. The van der Waals surface area contributed by atoms with Crippen molar-refractivity contribution in [2.75, 3.05) is 0 Å². The molecule has 230 valence electrons. The second kappa shape index (κ2) is 23.2. The van der Waals surface area contributed by atoms with E-state index in [9.17, 15) is 0 Å². The van der Waals surface area contributed by atoms with Gasteiger partial charge in [0.2, 0.25) is 0 Å². The third-order valence-corrected chi connectivity index (χ3v) is 14.6. The first kappa shape index (κ1) is 35.3. The minimum atomic E-state index is -1.74. The van der Waals surface area contributed by atoms with Crippen molar-refractivity contribution < 1.29 is 13.5 Å². The molecule has 3 aromatic rings. The summed E-state index contributed by atoms with van der Waals surface area (Å²) in [7, 11) is 11.1. The molecule has 0 N–H and O–H groups in total. The molecular formula is C36H50Cl2N2PRu+. The van der Waals surface area contributed by atoms with E-state index in [1.807, 2.05) is 72.8 Å². The van der Waals surface area contributed by atoms with Gasteiger partial charge < -0.3 is 0 Å². The molecule has 0 bridgehead atoms. The minimum absolute atomic E-state index is 0.0465. The van der Waals surface area contributed by atoms with Crippen molar-refractivity contribution in [3.05, 3.63) is 97.1 Å². The second-order valence-electron chi connectivity index (χ2n) is 11.4. The Hall–Kier alpha value is -1.20. The first-order valence-electron chi connectivity index (χ1n) is 15.9. The monoisotopic (exact) mass is 713 g/mol. The van der Waals surface area contributed by atoms with Gasteiger partial charge in [0.1, 0.15) is 0 Å². The smallest absolute Gasteiger partial charge is 0.0267 e. The number of rotatable bonds is 4. The Balaban J connectivity index is 0.000000176. The number of nitrogens with zero attached hydrogens (tertiary/aromatic N) is 2. The van der Waals surface area contributed by atoms with E-state index in [1.165, 1.54) is 17.0 Å². The molecule has 0 radical (unpaired) electrons. The van der Waals surface area contributed by atoms with Gasteiger partial charge in [0.15, 0.2) is 0 Å². The van der Waals surface area contributed by atoms with Crippen LogP contribution in [0.3, 0.4) is 0 Å². The molecular weight excluding hydrogens is 663 g/mol. The average Bonchev–Trinajstić information content (AvgIpc) is 3.08. The number of hydrogen-bond donors (Lipinski definition) is 0. The van der Waals surface area contributed by atoms with Crippen molar-refractivity contribution in [3.8, 4) is 0 Å². The summed E-state index contributed by atoms with van der Waals surface area (Å²) in [5, 5.41) is 0. The van der Waals surface area contributed by atoms with E-state index in [4.69, 9.17) is 19.4 Å². The zero-order valence-corrected chi connectivity index (χ0v) is 29.3. The van der Waals surface area contributed by atoms with E-state index in [1.54, 1.807) is 121 Å². The fourth-order valence-electron chi connectivity index (χ4n) is 6.58. The van der Waals surface area contributed by atoms with Crippen LogP contribution in [0, 0.1) is 0 Å². The van der Waals surface area contributed by atoms with E-state index in [-0.39, 0.29) is 7.92 Å². The van der Waals surface area contributed by atoms with E-state index >= 15 is 0 Å². The van der Waals surface area contributed by atoms with Crippen LogP contribution in [0.1, 0.15) is 102 Å². The van der Waals surface area contributed by atoms with Crippen molar-refractivity contribution in [2.24, 2.45) is 0 Å². The molecule has 3 aliphatic rings. The van der Waals surface area contributed by atoms with Crippen LogP contribution in [-0.2, 0) is 13.5 Å². The summed E-state index contributed by atoms with van der Waals surface area (Å²) < 4.78 is 2.91.